The van der Waals surface area contributed by atoms with Crippen LogP contribution in [-0.4, -0.2) is 32.7 Å². The molecule has 1 aromatic carbocycles. The fraction of sp³-hybridized carbons (Fsp3) is 0.542. The van der Waals surface area contributed by atoms with E-state index in [0.29, 0.717) is 31.0 Å². The van der Waals surface area contributed by atoms with E-state index in [2.05, 4.69) is 19.1 Å². The summed E-state index contributed by atoms with van der Waals surface area (Å²) in [5.74, 6) is 0.690. The topological polar surface area (TPSA) is 64.4 Å². The normalized spacial score (nSPS) is 14.9. The summed E-state index contributed by atoms with van der Waals surface area (Å²) in [5, 5.41) is 0. The second-order valence-electron chi connectivity index (χ2n) is 8.98. The number of hydrogen-bond acceptors (Lipinski definition) is 4. The molecule has 6 nitrogen and oxygen atoms in total. The van der Waals surface area contributed by atoms with Gasteiger partial charge in [-0.1, -0.05) is 50.1 Å². The van der Waals surface area contributed by atoms with Crippen LogP contribution in [-0.2, 0) is 17.7 Å². The van der Waals surface area contributed by atoms with Crippen LogP contribution < -0.4 is 5.56 Å². The molecule has 1 aromatic heterocycles. The Bertz CT molecular complexity index is 945. The van der Waals surface area contributed by atoms with Crippen LogP contribution in [0.3, 0.4) is 0 Å². The van der Waals surface area contributed by atoms with Gasteiger partial charge in [0.2, 0.25) is 0 Å². The van der Waals surface area contributed by atoms with Crippen LogP contribution >= 0.6 is 0 Å². The van der Waals surface area contributed by atoms with Gasteiger partial charge in [0.1, 0.15) is 11.4 Å². The molecule has 162 valence electrons. The van der Waals surface area contributed by atoms with E-state index in [1.165, 1.54) is 0 Å². The largest absolute Gasteiger partial charge is 0.444 e. The number of aromatic nitrogens is 2. The smallest absolute Gasteiger partial charge is 0.410 e. The van der Waals surface area contributed by atoms with Gasteiger partial charge >= 0.3 is 6.09 Å². The van der Waals surface area contributed by atoms with Gasteiger partial charge in [0.25, 0.3) is 5.56 Å². The molecular weight excluding hydrogens is 378 g/mol. The average Bonchev–Trinajstić information content (AvgIpc) is 2.69. The number of ether oxygens (including phenoxy) is 1. The third-order valence-electron chi connectivity index (χ3n) is 5.42. The predicted molar refractivity (Wildman–Crippen MR) is 118 cm³/mol. The van der Waals surface area contributed by atoms with Crippen LogP contribution in [0, 0.1) is 6.92 Å². The summed E-state index contributed by atoms with van der Waals surface area (Å²) in [7, 11) is 0. The third kappa shape index (κ3) is 4.91. The lowest BCUT2D eigenvalue weighted by atomic mass is 9.99. The van der Waals surface area contributed by atoms with Gasteiger partial charge in [-0.15, -0.1) is 0 Å². The molecular formula is C24H33N3O3. The maximum atomic E-state index is 13.5. The molecule has 0 N–H and O–H groups in total. The highest BCUT2D eigenvalue weighted by Crippen LogP contribution is 2.26. The van der Waals surface area contributed by atoms with Crippen molar-refractivity contribution < 1.29 is 9.53 Å². The molecule has 0 bridgehead atoms. The molecule has 1 atom stereocenters. The molecule has 30 heavy (non-hydrogen) atoms. The lowest BCUT2D eigenvalue weighted by molar-refractivity contribution is 0.0219. The van der Waals surface area contributed by atoms with E-state index in [-0.39, 0.29) is 17.7 Å². The molecule has 0 fully saturated rings. The molecule has 3 rings (SSSR count). The summed E-state index contributed by atoms with van der Waals surface area (Å²) < 4.78 is 7.35. The summed E-state index contributed by atoms with van der Waals surface area (Å²) in [6.07, 6.45) is 3.14. The van der Waals surface area contributed by atoms with E-state index in [0.717, 1.165) is 30.4 Å². The summed E-state index contributed by atoms with van der Waals surface area (Å²) in [6, 6.07) is 10.1. The van der Waals surface area contributed by atoms with Crippen molar-refractivity contribution in [3.8, 4) is 0 Å². The zero-order valence-electron chi connectivity index (χ0n) is 18.8. The molecule has 0 saturated carbocycles. The summed E-state index contributed by atoms with van der Waals surface area (Å²) in [5.41, 5.74) is 2.01. The Hall–Kier alpha value is -2.63. The second-order valence-corrected chi connectivity index (χ2v) is 8.98. The third-order valence-corrected chi connectivity index (χ3v) is 5.42. The van der Waals surface area contributed by atoms with Crippen LogP contribution in [0.5, 0.6) is 0 Å². The molecule has 2 aromatic rings. The highest BCUT2D eigenvalue weighted by Gasteiger charge is 2.30. The minimum atomic E-state index is -0.549. The zero-order valence-corrected chi connectivity index (χ0v) is 18.8. The van der Waals surface area contributed by atoms with Crippen molar-refractivity contribution in [2.24, 2.45) is 0 Å². The van der Waals surface area contributed by atoms with Gasteiger partial charge in [-0.05, 0) is 46.1 Å². The monoisotopic (exact) mass is 411 g/mol. The second kappa shape index (κ2) is 9.02. The molecule has 1 unspecified atom stereocenters. The Balaban J connectivity index is 1.95. The van der Waals surface area contributed by atoms with Gasteiger partial charge in [-0.25, -0.2) is 9.78 Å². The van der Waals surface area contributed by atoms with Gasteiger partial charge in [0.05, 0.1) is 18.3 Å². The molecule has 1 aliphatic rings. The number of nitrogens with zero attached hydrogens (tertiary/aromatic N) is 3. The fourth-order valence-electron chi connectivity index (χ4n) is 3.99. The average molecular weight is 412 g/mol. The van der Waals surface area contributed by atoms with Crippen molar-refractivity contribution in [2.45, 2.75) is 78.5 Å². The summed E-state index contributed by atoms with van der Waals surface area (Å²) >= 11 is 0. The highest BCUT2D eigenvalue weighted by atomic mass is 16.6. The highest BCUT2D eigenvalue weighted by molar-refractivity contribution is 5.68. The molecule has 2 heterocycles. The molecule has 6 heteroatoms. The zero-order chi connectivity index (χ0) is 21.9. The van der Waals surface area contributed by atoms with Crippen molar-refractivity contribution in [3.05, 3.63) is 63.3 Å². The minimum Gasteiger partial charge on any atom is -0.444 e. The van der Waals surface area contributed by atoms with Crippen LogP contribution in [0.15, 0.2) is 35.1 Å². The maximum absolute atomic E-state index is 13.5. The number of fused-ring (bicyclic) bond motifs is 1. The first-order chi connectivity index (χ1) is 14.2. The number of rotatable bonds is 5. The Morgan fingerprint density at radius 1 is 1.23 bits per heavy atom. The Morgan fingerprint density at radius 2 is 1.93 bits per heavy atom. The molecule has 0 spiro atoms. The molecule has 0 radical (unpaired) electrons. The minimum absolute atomic E-state index is 0.0197. The van der Waals surface area contributed by atoms with Gasteiger partial charge in [-0.2, -0.15) is 0 Å². The lowest BCUT2D eigenvalue weighted by Crippen LogP contribution is -2.43. The van der Waals surface area contributed by atoms with Crippen molar-refractivity contribution >= 4 is 6.09 Å². The number of carbonyl (C=O) groups excluding carboxylic acids is 1. The van der Waals surface area contributed by atoms with E-state index in [1.807, 2.05) is 50.5 Å². The van der Waals surface area contributed by atoms with Gasteiger partial charge in [0.15, 0.2) is 0 Å². The van der Waals surface area contributed by atoms with Crippen LogP contribution in [0.1, 0.15) is 75.6 Å². The van der Waals surface area contributed by atoms with Crippen molar-refractivity contribution in [2.75, 3.05) is 6.54 Å². The first-order valence-corrected chi connectivity index (χ1v) is 10.8. The van der Waals surface area contributed by atoms with Crippen LogP contribution in [0.2, 0.25) is 0 Å². The lowest BCUT2D eigenvalue weighted by Gasteiger charge is -2.31. The SMILES string of the molecule is CCCCC(c1ccccc1)n1c(C)nc2c(c1=O)CCN(C(=O)OC(C)(C)C)C2. The van der Waals surface area contributed by atoms with Crippen molar-refractivity contribution in [1.29, 1.82) is 0 Å². The van der Waals surface area contributed by atoms with Gasteiger partial charge in [0, 0.05) is 12.1 Å². The van der Waals surface area contributed by atoms with Crippen molar-refractivity contribution in [3.63, 3.8) is 0 Å². The molecule has 1 aliphatic heterocycles. The standard InChI is InChI=1S/C24H33N3O3/c1-6-7-13-21(18-11-9-8-10-12-18)27-17(2)25-20-16-26(15-14-19(20)22(27)28)23(29)30-24(3,4)5/h8-12,21H,6-7,13-16H2,1-5H3. The van der Waals surface area contributed by atoms with Gasteiger partial charge < -0.3 is 9.64 Å². The van der Waals surface area contributed by atoms with E-state index in [4.69, 9.17) is 9.72 Å². The molecule has 1 amide bonds. The van der Waals surface area contributed by atoms with E-state index < -0.39 is 5.60 Å². The van der Waals surface area contributed by atoms with Gasteiger partial charge in [-0.3, -0.25) is 9.36 Å². The summed E-state index contributed by atoms with van der Waals surface area (Å²) in [4.78, 5) is 32.4. The van der Waals surface area contributed by atoms with Crippen LogP contribution in [0.4, 0.5) is 4.79 Å². The van der Waals surface area contributed by atoms with Crippen molar-refractivity contribution in [1.82, 2.24) is 14.5 Å². The number of carbonyl (C=O) groups is 1. The Morgan fingerprint density at radius 3 is 2.57 bits per heavy atom. The fourth-order valence-corrected chi connectivity index (χ4v) is 3.99. The first-order valence-electron chi connectivity index (χ1n) is 10.8. The Kier molecular flexibility index (Phi) is 6.64. The predicted octanol–water partition coefficient (Wildman–Crippen LogP) is 4.62. The van der Waals surface area contributed by atoms with Crippen LogP contribution in [0.25, 0.3) is 0 Å². The molecule has 0 aliphatic carbocycles. The number of amides is 1. The summed E-state index contributed by atoms with van der Waals surface area (Å²) in [6.45, 7) is 10.4. The number of aryl methyl sites for hydroxylation is 1. The quantitative estimate of drug-likeness (QED) is 0.720. The Labute approximate surface area is 178 Å². The number of unbranched alkanes of at least 4 members (excludes halogenated alkanes) is 1. The van der Waals surface area contributed by atoms with E-state index >= 15 is 0 Å². The molecule has 0 saturated heterocycles. The van der Waals surface area contributed by atoms with E-state index in [9.17, 15) is 9.59 Å². The number of hydrogen-bond donors (Lipinski definition) is 0. The number of benzene rings is 1. The first kappa shape index (κ1) is 22.1. The van der Waals surface area contributed by atoms with E-state index in [1.54, 1.807) is 4.90 Å². The maximum Gasteiger partial charge on any atom is 0.410 e.